The third-order valence-corrected chi connectivity index (χ3v) is 4.18. The number of rotatable bonds is 6. The number of halogens is 1. The lowest BCUT2D eigenvalue weighted by Gasteiger charge is -2.24. The zero-order valence-electron chi connectivity index (χ0n) is 11.1. The van der Waals surface area contributed by atoms with Crippen molar-refractivity contribution in [3.05, 3.63) is 22.4 Å². The summed E-state index contributed by atoms with van der Waals surface area (Å²) in [6.45, 7) is 2.65. The monoisotopic (exact) mass is 304 g/mol. The zero-order chi connectivity index (χ0) is 12.8. The third-order valence-electron chi connectivity index (χ3n) is 3.20. The van der Waals surface area contributed by atoms with Gasteiger partial charge in [-0.1, -0.05) is 6.07 Å². The van der Waals surface area contributed by atoms with E-state index < -0.39 is 0 Å². The molecule has 0 saturated carbocycles. The van der Waals surface area contributed by atoms with Gasteiger partial charge in [0.15, 0.2) is 0 Å². The van der Waals surface area contributed by atoms with Crippen molar-refractivity contribution in [2.24, 2.45) is 0 Å². The smallest absolute Gasteiger partial charge is 0.237 e. The second-order valence-electron chi connectivity index (χ2n) is 4.43. The Labute approximate surface area is 124 Å². The van der Waals surface area contributed by atoms with Gasteiger partial charge in [0, 0.05) is 25.1 Å². The fourth-order valence-corrected chi connectivity index (χ4v) is 3.19. The van der Waals surface area contributed by atoms with Crippen LogP contribution in [0.15, 0.2) is 17.5 Å². The quantitative estimate of drug-likeness (QED) is 0.818. The molecule has 1 aromatic rings. The first-order chi connectivity index (χ1) is 8.83. The molecule has 1 atom stereocenters. The topological polar surface area (TPSA) is 41.6 Å². The average molecular weight is 305 g/mol. The summed E-state index contributed by atoms with van der Waals surface area (Å²) in [7, 11) is 1.66. The standard InChI is InChI=1S/C13H20N2O2S.ClH/c1-17-8-6-14-10-13(16)15-7-2-4-11(15)12-5-3-9-18-12;/h3,5,9,11,14H,2,4,6-8,10H2,1H3;1H. The van der Waals surface area contributed by atoms with E-state index in [0.29, 0.717) is 19.2 Å². The van der Waals surface area contributed by atoms with Crippen molar-refractivity contribution >= 4 is 29.7 Å². The van der Waals surface area contributed by atoms with E-state index in [9.17, 15) is 4.79 Å². The molecule has 1 amide bonds. The minimum Gasteiger partial charge on any atom is -0.383 e. The first kappa shape index (κ1) is 16.4. The van der Waals surface area contributed by atoms with E-state index >= 15 is 0 Å². The number of hydrogen-bond acceptors (Lipinski definition) is 4. The highest BCUT2D eigenvalue weighted by molar-refractivity contribution is 7.10. The molecule has 108 valence electrons. The fourth-order valence-electron chi connectivity index (χ4n) is 2.31. The van der Waals surface area contributed by atoms with Crippen LogP contribution in [-0.2, 0) is 9.53 Å². The number of carbonyl (C=O) groups is 1. The Hall–Kier alpha value is -0.620. The molecular formula is C13H21ClN2O2S. The summed E-state index contributed by atoms with van der Waals surface area (Å²) in [4.78, 5) is 15.5. The van der Waals surface area contributed by atoms with Gasteiger partial charge in [0.05, 0.1) is 19.2 Å². The molecule has 1 unspecified atom stereocenters. The van der Waals surface area contributed by atoms with Crippen LogP contribution in [0.3, 0.4) is 0 Å². The number of ether oxygens (including phenoxy) is 1. The molecule has 1 aliphatic heterocycles. The van der Waals surface area contributed by atoms with Crippen LogP contribution in [0.4, 0.5) is 0 Å². The lowest BCUT2D eigenvalue weighted by atomic mass is 10.2. The highest BCUT2D eigenvalue weighted by atomic mass is 35.5. The van der Waals surface area contributed by atoms with Gasteiger partial charge in [-0.2, -0.15) is 0 Å². The van der Waals surface area contributed by atoms with Gasteiger partial charge >= 0.3 is 0 Å². The van der Waals surface area contributed by atoms with Crippen molar-refractivity contribution < 1.29 is 9.53 Å². The van der Waals surface area contributed by atoms with Gasteiger partial charge in [0.2, 0.25) is 5.91 Å². The van der Waals surface area contributed by atoms with Crippen LogP contribution in [-0.4, -0.2) is 44.2 Å². The van der Waals surface area contributed by atoms with Crippen molar-refractivity contribution in [2.75, 3.05) is 33.4 Å². The second kappa shape index (κ2) is 8.53. The predicted octanol–water partition coefficient (Wildman–Crippen LogP) is 2.07. The van der Waals surface area contributed by atoms with Gasteiger partial charge in [-0.05, 0) is 24.3 Å². The van der Waals surface area contributed by atoms with Crippen molar-refractivity contribution in [3.8, 4) is 0 Å². The number of nitrogens with zero attached hydrogens (tertiary/aromatic N) is 1. The number of amides is 1. The summed E-state index contributed by atoms with van der Waals surface area (Å²) in [6.07, 6.45) is 2.19. The van der Waals surface area contributed by atoms with Crippen LogP contribution >= 0.6 is 23.7 Å². The van der Waals surface area contributed by atoms with Crippen molar-refractivity contribution in [1.29, 1.82) is 0 Å². The van der Waals surface area contributed by atoms with E-state index in [0.717, 1.165) is 25.9 Å². The average Bonchev–Trinajstić information content (AvgIpc) is 3.02. The van der Waals surface area contributed by atoms with Gasteiger partial charge in [-0.15, -0.1) is 23.7 Å². The van der Waals surface area contributed by atoms with Crippen LogP contribution in [0.25, 0.3) is 0 Å². The van der Waals surface area contributed by atoms with E-state index in [1.165, 1.54) is 4.88 Å². The first-order valence-electron chi connectivity index (χ1n) is 6.35. The maximum Gasteiger partial charge on any atom is 0.237 e. The molecule has 0 spiro atoms. The zero-order valence-corrected chi connectivity index (χ0v) is 12.8. The minimum atomic E-state index is 0. The maximum absolute atomic E-state index is 12.1. The highest BCUT2D eigenvalue weighted by Gasteiger charge is 2.29. The molecule has 0 radical (unpaired) electrons. The molecule has 6 heteroatoms. The van der Waals surface area contributed by atoms with E-state index in [1.807, 2.05) is 4.90 Å². The van der Waals surface area contributed by atoms with Crippen molar-refractivity contribution in [2.45, 2.75) is 18.9 Å². The molecule has 1 saturated heterocycles. The van der Waals surface area contributed by atoms with Gasteiger partial charge < -0.3 is 15.0 Å². The number of methoxy groups -OCH3 is 1. The Morgan fingerprint density at radius 3 is 3.16 bits per heavy atom. The summed E-state index contributed by atoms with van der Waals surface area (Å²) in [5, 5.41) is 5.19. The summed E-state index contributed by atoms with van der Waals surface area (Å²) in [5.74, 6) is 0.196. The molecule has 1 N–H and O–H groups in total. The Bertz CT molecular complexity index is 373. The van der Waals surface area contributed by atoms with Gasteiger partial charge in [-0.25, -0.2) is 0 Å². The van der Waals surface area contributed by atoms with Gasteiger partial charge in [0.25, 0.3) is 0 Å². The molecular weight excluding hydrogens is 284 g/mol. The molecule has 0 aliphatic carbocycles. The molecule has 1 aliphatic rings. The Kier molecular flexibility index (Phi) is 7.38. The third kappa shape index (κ3) is 4.45. The molecule has 0 aromatic carbocycles. The van der Waals surface area contributed by atoms with Gasteiger partial charge in [0.1, 0.15) is 0 Å². The number of carbonyl (C=O) groups excluding carboxylic acids is 1. The Morgan fingerprint density at radius 1 is 1.63 bits per heavy atom. The summed E-state index contributed by atoms with van der Waals surface area (Å²) >= 11 is 1.74. The molecule has 4 nitrogen and oxygen atoms in total. The first-order valence-corrected chi connectivity index (χ1v) is 7.23. The normalized spacial score (nSPS) is 18.4. The summed E-state index contributed by atoms with van der Waals surface area (Å²) < 4.78 is 4.94. The number of nitrogens with one attached hydrogen (secondary N) is 1. The minimum absolute atomic E-state index is 0. The largest absolute Gasteiger partial charge is 0.383 e. The van der Waals surface area contributed by atoms with Crippen molar-refractivity contribution in [1.82, 2.24) is 10.2 Å². The van der Waals surface area contributed by atoms with Crippen LogP contribution in [0.5, 0.6) is 0 Å². The van der Waals surface area contributed by atoms with Crippen molar-refractivity contribution in [3.63, 3.8) is 0 Å². The molecule has 19 heavy (non-hydrogen) atoms. The summed E-state index contributed by atoms with van der Waals surface area (Å²) in [6, 6.07) is 4.47. The fraction of sp³-hybridized carbons (Fsp3) is 0.615. The van der Waals surface area contributed by atoms with E-state index in [1.54, 1.807) is 18.4 Å². The molecule has 0 bridgehead atoms. The Morgan fingerprint density at radius 2 is 2.47 bits per heavy atom. The molecule has 2 rings (SSSR count). The van der Waals surface area contributed by atoms with E-state index in [4.69, 9.17) is 4.74 Å². The predicted molar refractivity (Wildman–Crippen MR) is 80.0 cm³/mol. The van der Waals surface area contributed by atoms with E-state index in [-0.39, 0.29) is 18.3 Å². The molecule has 1 fully saturated rings. The SMILES string of the molecule is COCCNCC(=O)N1CCCC1c1cccs1.Cl. The van der Waals surface area contributed by atoms with Crippen LogP contribution in [0, 0.1) is 0 Å². The number of thiophene rings is 1. The van der Waals surface area contributed by atoms with Crippen LogP contribution in [0.2, 0.25) is 0 Å². The number of likely N-dealkylation sites (tertiary alicyclic amines) is 1. The highest BCUT2D eigenvalue weighted by Crippen LogP contribution is 2.34. The van der Waals surface area contributed by atoms with Crippen LogP contribution in [0.1, 0.15) is 23.8 Å². The lowest BCUT2D eigenvalue weighted by Crippen LogP contribution is -2.38. The molecule has 2 heterocycles. The second-order valence-corrected chi connectivity index (χ2v) is 5.41. The maximum atomic E-state index is 12.1. The van der Waals surface area contributed by atoms with Crippen LogP contribution < -0.4 is 5.32 Å². The van der Waals surface area contributed by atoms with E-state index in [2.05, 4.69) is 22.8 Å². The Balaban J connectivity index is 0.00000180. The summed E-state index contributed by atoms with van der Waals surface area (Å²) in [5.41, 5.74) is 0. The van der Waals surface area contributed by atoms with Gasteiger partial charge in [-0.3, -0.25) is 4.79 Å². The number of hydrogen-bond donors (Lipinski definition) is 1. The lowest BCUT2D eigenvalue weighted by molar-refractivity contribution is -0.131. The molecule has 1 aromatic heterocycles.